The van der Waals surface area contributed by atoms with E-state index in [1.54, 1.807) is 12.1 Å². The fourth-order valence-corrected chi connectivity index (χ4v) is 4.32. The monoisotopic (exact) mass is 332 g/mol. The summed E-state index contributed by atoms with van der Waals surface area (Å²) in [4.78, 5) is 18.4. The van der Waals surface area contributed by atoms with Crippen molar-refractivity contribution in [3.05, 3.63) is 56.7 Å². The van der Waals surface area contributed by atoms with Crippen LogP contribution in [0.5, 0.6) is 0 Å². The number of hydrogen-bond acceptors (Lipinski definition) is 3. The number of benzene rings is 1. The van der Waals surface area contributed by atoms with Crippen molar-refractivity contribution in [3.8, 4) is 0 Å². The van der Waals surface area contributed by atoms with E-state index in [4.69, 9.17) is 11.6 Å². The lowest BCUT2D eigenvalue weighted by molar-refractivity contribution is 0.0221. The van der Waals surface area contributed by atoms with Crippen LogP contribution in [0.3, 0.4) is 0 Å². The molecular weight excluding hydrogens is 316 g/mol. The van der Waals surface area contributed by atoms with Gasteiger partial charge in [-0.15, -0.1) is 11.3 Å². The lowest BCUT2D eigenvalue weighted by Gasteiger charge is -2.46. The van der Waals surface area contributed by atoms with Gasteiger partial charge in [0.05, 0.1) is 0 Å². The van der Waals surface area contributed by atoms with Crippen molar-refractivity contribution in [1.29, 1.82) is 0 Å². The van der Waals surface area contributed by atoms with E-state index in [1.165, 1.54) is 10.4 Å². The summed E-state index contributed by atoms with van der Waals surface area (Å²) >= 11 is 7.83. The number of thiophene rings is 1. The molecule has 0 radical (unpaired) electrons. The standard InChI is InChI=1S/C17H17ClN2OS/c18-14-3-1-2-12(8-14)17(21)20-10-15(11-20)19-6-4-16-13(9-19)5-7-22-16/h1-3,5,7-8,15H,4,6,9-11H2. The largest absolute Gasteiger partial charge is 0.335 e. The molecule has 0 bridgehead atoms. The van der Waals surface area contributed by atoms with Gasteiger partial charge >= 0.3 is 0 Å². The van der Waals surface area contributed by atoms with Gasteiger partial charge in [-0.1, -0.05) is 17.7 Å². The van der Waals surface area contributed by atoms with Gasteiger partial charge < -0.3 is 4.90 Å². The Morgan fingerprint density at radius 3 is 2.95 bits per heavy atom. The Labute approximate surface area is 139 Å². The van der Waals surface area contributed by atoms with Crippen LogP contribution < -0.4 is 0 Å². The van der Waals surface area contributed by atoms with Crippen LogP contribution in [0, 0.1) is 0 Å². The van der Waals surface area contributed by atoms with Crippen molar-refractivity contribution in [1.82, 2.24) is 9.80 Å². The molecule has 3 nitrogen and oxygen atoms in total. The average molecular weight is 333 g/mol. The number of rotatable bonds is 2. The molecule has 2 aromatic rings. The third-order valence-corrected chi connectivity index (χ3v) is 5.83. The zero-order chi connectivity index (χ0) is 15.1. The summed E-state index contributed by atoms with van der Waals surface area (Å²) in [5, 5.41) is 2.80. The van der Waals surface area contributed by atoms with E-state index in [0.717, 1.165) is 32.6 Å². The number of amides is 1. The lowest BCUT2D eigenvalue weighted by atomic mass is 10.0. The van der Waals surface area contributed by atoms with Gasteiger partial charge in [0.25, 0.3) is 5.91 Å². The average Bonchev–Trinajstić information content (AvgIpc) is 2.93. The van der Waals surface area contributed by atoms with Crippen LogP contribution in [0.1, 0.15) is 20.8 Å². The summed E-state index contributed by atoms with van der Waals surface area (Å²) in [7, 11) is 0. The van der Waals surface area contributed by atoms with Gasteiger partial charge in [0.1, 0.15) is 0 Å². The van der Waals surface area contributed by atoms with Crippen LogP contribution in [0.25, 0.3) is 0 Å². The maximum Gasteiger partial charge on any atom is 0.254 e. The minimum absolute atomic E-state index is 0.0898. The predicted molar refractivity (Wildman–Crippen MR) is 89.6 cm³/mol. The van der Waals surface area contributed by atoms with Crippen LogP contribution >= 0.6 is 22.9 Å². The van der Waals surface area contributed by atoms with Gasteiger partial charge in [-0.2, -0.15) is 0 Å². The zero-order valence-electron chi connectivity index (χ0n) is 12.2. The Kier molecular flexibility index (Phi) is 3.68. The fraction of sp³-hybridized carbons (Fsp3) is 0.353. The second-order valence-corrected chi connectivity index (χ2v) is 7.40. The minimum Gasteiger partial charge on any atom is -0.335 e. The molecule has 1 aromatic carbocycles. The Morgan fingerprint density at radius 2 is 2.14 bits per heavy atom. The molecule has 0 saturated carbocycles. The Hall–Kier alpha value is -1.36. The highest BCUT2D eigenvalue weighted by atomic mass is 35.5. The molecule has 1 aromatic heterocycles. The molecule has 0 aliphatic carbocycles. The molecule has 114 valence electrons. The summed E-state index contributed by atoms with van der Waals surface area (Å²) in [5.41, 5.74) is 2.15. The highest BCUT2D eigenvalue weighted by Crippen LogP contribution is 2.28. The van der Waals surface area contributed by atoms with Gasteiger partial charge in [0, 0.05) is 47.7 Å². The van der Waals surface area contributed by atoms with Crippen molar-refractivity contribution in [3.63, 3.8) is 0 Å². The molecule has 3 heterocycles. The topological polar surface area (TPSA) is 23.6 Å². The maximum atomic E-state index is 12.4. The number of hydrogen-bond donors (Lipinski definition) is 0. The van der Waals surface area contributed by atoms with Crippen molar-refractivity contribution < 1.29 is 4.79 Å². The molecule has 0 spiro atoms. The smallest absolute Gasteiger partial charge is 0.254 e. The third-order valence-electron chi connectivity index (χ3n) is 4.57. The lowest BCUT2D eigenvalue weighted by Crippen LogP contribution is -2.61. The SMILES string of the molecule is O=C(c1cccc(Cl)c1)N1CC(N2CCc3sccc3C2)C1. The maximum absolute atomic E-state index is 12.4. The van der Waals surface area contributed by atoms with Crippen LogP contribution in [0.2, 0.25) is 5.02 Å². The quantitative estimate of drug-likeness (QED) is 0.842. The third kappa shape index (κ3) is 2.56. The van der Waals surface area contributed by atoms with Crippen molar-refractivity contribution in [2.24, 2.45) is 0 Å². The molecule has 0 atom stereocenters. The Morgan fingerprint density at radius 1 is 1.27 bits per heavy atom. The first-order chi connectivity index (χ1) is 10.7. The number of carbonyl (C=O) groups is 1. The molecule has 2 aliphatic heterocycles. The van der Waals surface area contributed by atoms with Gasteiger partial charge in [0.15, 0.2) is 0 Å². The molecule has 0 unspecified atom stereocenters. The minimum atomic E-state index is 0.0898. The first-order valence-electron chi connectivity index (χ1n) is 7.55. The van der Waals surface area contributed by atoms with Gasteiger partial charge in [-0.3, -0.25) is 9.69 Å². The molecule has 1 fully saturated rings. The fourth-order valence-electron chi connectivity index (χ4n) is 3.24. The van der Waals surface area contributed by atoms with E-state index in [2.05, 4.69) is 16.3 Å². The summed E-state index contributed by atoms with van der Waals surface area (Å²) in [5.74, 6) is 0.0898. The van der Waals surface area contributed by atoms with Crippen LogP contribution in [0.4, 0.5) is 0 Å². The van der Waals surface area contributed by atoms with Crippen LogP contribution in [-0.2, 0) is 13.0 Å². The van der Waals surface area contributed by atoms with E-state index in [-0.39, 0.29) is 5.91 Å². The number of halogens is 1. The molecule has 2 aliphatic rings. The van der Waals surface area contributed by atoms with Crippen LogP contribution in [-0.4, -0.2) is 41.4 Å². The number of fused-ring (bicyclic) bond motifs is 1. The molecular formula is C17H17ClN2OS. The van der Waals surface area contributed by atoms with E-state index >= 15 is 0 Å². The molecule has 0 N–H and O–H groups in total. The Bertz CT molecular complexity index is 708. The van der Waals surface area contributed by atoms with E-state index < -0.39 is 0 Å². The Balaban J connectivity index is 1.37. The normalized spacial score (nSPS) is 18.9. The summed E-state index contributed by atoms with van der Waals surface area (Å²) in [6.45, 7) is 3.79. The van der Waals surface area contributed by atoms with E-state index in [9.17, 15) is 4.79 Å². The van der Waals surface area contributed by atoms with Gasteiger partial charge in [-0.05, 0) is 41.6 Å². The first kappa shape index (κ1) is 14.2. The number of carbonyl (C=O) groups excluding carboxylic acids is 1. The molecule has 5 heteroatoms. The molecule has 1 saturated heterocycles. The summed E-state index contributed by atoms with van der Waals surface area (Å²) in [6.07, 6.45) is 1.14. The summed E-state index contributed by atoms with van der Waals surface area (Å²) in [6, 6.07) is 9.94. The van der Waals surface area contributed by atoms with E-state index in [1.807, 2.05) is 28.4 Å². The highest BCUT2D eigenvalue weighted by Gasteiger charge is 2.36. The second-order valence-electron chi connectivity index (χ2n) is 5.96. The predicted octanol–water partition coefficient (Wildman–Crippen LogP) is 3.28. The first-order valence-corrected chi connectivity index (χ1v) is 8.80. The van der Waals surface area contributed by atoms with Crippen molar-refractivity contribution in [2.75, 3.05) is 19.6 Å². The van der Waals surface area contributed by atoms with Crippen molar-refractivity contribution in [2.45, 2.75) is 19.0 Å². The van der Waals surface area contributed by atoms with Crippen molar-refractivity contribution >= 4 is 28.8 Å². The van der Waals surface area contributed by atoms with E-state index in [0.29, 0.717) is 16.6 Å². The number of likely N-dealkylation sites (tertiary alicyclic amines) is 1. The molecule has 22 heavy (non-hydrogen) atoms. The number of nitrogens with zero attached hydrogens (tertiary/aromatic N) is 2. The van der Waals surface area contributed by atoms with Gasteiger partial charge in [-0.25, -0.2) is 0 Å². The van der Waals surface area contributed by atoms with Crippen LogP contribution in [0.15, 0.2) is 35.7 Å². The van der Waals surface area contributed by atoms with Gasteiger partial charge in [0.2, 0.25) is 0 Å². The zero-order valence-corrected chi connectivity index (χ0v) is 13.7. The second kappa shape index (κ2) is 5.69. The molecule has 4 rings (SSSR count). The molecule has 1 amide bonds. The summed E-state index contributed by atoms with van der Waals surface area (Å²) < 4.78 is 0. The highest BCUT2D eigenvalue weighted by molar-refractivity contribution is 7.10.